The topological polar surface area (TPSA) is 64.4 Å². The van der Waals surface area contributed by atoms with Crippen LogP contribution in [0.4, 0.5) is 0 Å². The normalized spacial score (nSPS) is 10.8. The van der Waals surface area contributed by atoms with Crippen LogP contribution in [0, 0.1) is 0 Å². The molecule has 0 saturated carbocycles. The van der Waals surface area contributed by atoms with Crippen molar-refractivity contribution in [3.05, 3.63) is 23.9 Å². The molecule has 2 aromatic rings. The lowest BCUT2D eigenvalue weighted by Gasteiger charge is -2.22. The summed E-state index contributed by atoms with van der Waals surface area (Å²) in [6, 6.07) is 5.39. The average molecular weight is 331 g/mol. The van der Waals surface area contributed by atoms with Crippen molar-refractivity contribution < 1.29 is 14.3 Å². The number of amides is 1. The van der Waals surface area contributed by atoms with Gasteiger partial charge in [0.2, 0.25) is 5.91 Å². The molecule has 0 unspecified atom stereocenters. The van der Waals surface area contributed by atoms with Gasteiger partial charge in [0.05, 0.1) is 12.6 Å². The van der Waals surface area contributed by atoms with Crippen LogP contribution in [-0.4, -0.2) is 47.1 Å². The third kappa shape index (κ3) is 3.93. The molecule has 1 amide bonds. The molecule has 0 saturated heterocycles. The Morgan fingerprint density at radius 3 is 2.71 bits per heavy atom. The Hall–Kier alpha value is -2.37. The maximum atomic E-state index is 12.6. The van der Waals surface area contributed by atoms with Crippen LogP contribution in [0.2, 0.25) is 0 Å². The van der Waals surface area contributed by atoms with Crippen LogP contribution < -0.4 is 4.74 Å². The van der Waals surface area contributed by atoms with E-state index in [-0.39, 0.29) is 12.5 Å². The Bertz CT molecular complexity index is 709. The first-order chi connectivity index (χ1) is 11.6. The van der Waals surface area contributed by atoms with Crippen molar-refractivity contribution in [3.63, 3.8) is 0 Å². The number of ether oxygens (including phenoxy) is 1. The van der Waals surface area contributed by atoms with Gasteiger partial charge in [-0.25, -0.2) is 0 Å². The summed E-state index contributed by atoms with van der Waals surface area (Å²) in [7, 11) is 1.58. The second-order valence-corrected chi connectivity index (χ2v) is 5.78. The largest absolute Gasteiger partial charge is 0.497 e. The number of unbranched alkanes of at least 4 members (excludes halogenated alkanes) is 1. The van der Waals surface area contributed by atoms with Gasteiger partial charge in [-0.15, -0.1) is 0 Å². The molecule has 1 aromatic heterocycles. The van der Waals surface area contributed by atoms with E-state index in [1.54, 1.807) is 30.0 Å². The van der Waals surface area contributed by atoms with E-state index in [1.807, 2.05) is 4.90 Å². The summed E-state index contributed by atoms with van der Waals surface area (Å²) in [6.07, 6.45) is 3.67. The fourth-order valence-electron chi connectivity index (χ4n) is 2.72. The van der Waals surface area contributed by atoms with Crippen molar-refractivity contribution in [1.29, 1.82) is 0 Å². The molecule has 0 bridgehead atoms. The van der Waals surface area contributed by atoms with Crippen molar-refractivity contribution in [1.82, 2.24) is 14.7 Å². The summed E-state index contributed by atoms with van der Waals surface area (Å²) in [5.74, 6) is 0.694. The van der Waals surface area contributed by atoms with E-state index in [0.717, 1.165) is 49.5 Å². The van der Waals surface area contributed by atoms with E-state index in [4.69, 9.17) is 4.74 Å². The Morgan fingerprint density at radius 1 is 1.29 bits per heavy atom. The summed E-state index contributed by atoms with van der Waals surface area (Å²) in [6.45, 7) is 5.79. The maximum Gasteiger partial charge on any atom is 0.244 e. The molecule has 6 nitrogen and oxygen atoms in total. The minimum Gasteiger partial charge on any atom is -0.497 e. The zero-order chi connectivity index (χ0) is 17.5. The van der Waals surface area contributed by atoms with Crippen LogP contribution in [0.3, 0.4) is 0 Å². The first kappa shape index (κ1) is 18.0. The van der Waals surface area contributed by atoms with Crippen molar-refractivity contribution >= 4 is 23.1 Å². The molecular weight excluding hydrogens is 306 g/mol. The number of aldehydes is 1. The van der Waals surface area contributed by atoms with E-state index >= 15 is 0 Å². The predicted molar refractivity (Wildman–Crippen MR) is 93.5 cm³/mol. The highest BCUT2D eigenvalue weighted by atomic mass is 16.5. The Morgan fingerprint density at radius 2 is 2.08 bits per heavy atom. The van der Waals surface area contributed by atoms with Gasteiger partial charge in [0, 0.05) is 24.5 Å². The highest BCUT2D eigenvalue weighted by Crippen LogP contribution is 2.23. The number of fused-ring (bicyclic) bond motifs is 1. The molecule has 0 N–H and O–H groups in total. The van der Waals surface area contributed by atoms with Gasteiger partial charge in [-0.05, 0) is 25.0 Å². The Balaban J connectivity index is 2.30. The third-order valence-corrected chi connectivity index (χ3v) is 4.01. The highest BCUT2D eigenvalue weighted by molar-refractivity contribution is 5.96. The minimum absolute atomic E-state index is 0.0231. The monoisotopic (exact) mass is 331 g/mol. The number of rotatable bonds is 9. The molecule has 24 heavy (non-hydrogen) atoms. The average Bonchev–Trinajstić information content (AvgIpc) is 2.95. The highest BCUT2D eigenvalue weighted by Gasteiger charge is 2.17. The van der Waals surface area contributed by atoms with E-state index in [1.165, 1.54) is 0 Å². The van der Waals surface area contributed by atoms with Crippen LogP contribution in [0.1, 0.15) is 43.6 Å². The molecule has 0 aliphatic rings. The van der Waals surface area contributed by atoms with Gasteiger partial charge in [0.15, 0.2) is 6.29 Å². The Kier molecular flexibility index (Phi) is 6.35. The third-order valence-electron chi connectivity index (χ3n) is 4.01. The van der Waals surface area contributed by atoms with Gasteiger partial charge in [0.1, 0.15) is 18.0 Å². The van der Waals surface area contributed by atoms with Crippen LogP contribution in [0.25, 0.3) is 10.9 Å². The summed E-state index contributed by atoms with van der Waals surface area (Å²) in [5, 5.41) is 5.02. The number of carbonyl (C=O) groups excluding carboxylic acids is 2. The molecule has 130 valence electrons. The summed E-state index contributed by atoms with van der Waals surface area (Å²) >= 11 is 0. The number of methoxy groups -OCH3 is 1. The second-order valence-electron chi connectivity index (χ2n) is 5.78. The van der Waals surface area contributed by atoms with Gasteiger partial charge in [-0.2, -0.15) is 5.10 Å². The lowest BCUT2D eigenvalue weighted by molar-refractivity contribution is -0.132. The molecule has 6 heteroatoms. The van der Waals surface area contributed by atoms with E-state index in [0.29, 0.717) is 11.4 Å². The van der Waals surface area contributed by atoms with Crippen LogP contribution in [0.5, 0.6) is 5.75 Å². The molecule has 1 heterocycles. The molecule has 0 aliphatic carbocycles. The predicted octanol–water partition coefficient (Wildman–Crippen LogP) is 2.90. The fourth-order valence-corrected chi connectivity index (χ4v) is 2.72. The van der Waals surface area contributed by atoms with Crippen molar-refractivity contribution in [2.45, 2.75) is 39.7 Å². The molecular formula is C18H25N3O3. The lowest BCUT2D eigenvalue weighted by Crippen LogP contribution is -2.35. The summed E-state index contributed by atoms with van der Waals surface area (Å²) in [5.41, 5.74) is 1.08. The second kappa shape index (κ2) is 8.47. The van der Waals surface area contributed by atoms with E-state index in [9.17, 15) is 9.59 Å². The standard InChI is InChI=1S/C18H25N3O3/c1-4-6-10-20(9-5-2)18(23)12-21-17-11-14(24-3)7-8-15(17)16(13-22)19-21/h7-8,11,13H,4-6,9-10,12H2,1-3H3. The van der Waals surface area contributed by atoms with E-state index in [2.05, 4.69) is 18.9 Å². The van der Waals surface area contributed by atoms with E-state index < -0.39 is 0 Å². The summed E-state index contributed by atoms with van der Waals surface area (Å²) in [4.78, 5) is 25.8. The molecule has 2 rings (SSSR count). The van der Waals surface area contributed by atoms with Crippen LogP contribution in [0.15, 0.2) is 18.2 Å². The van der Waals surface area contributed by atoms with Gasteiger partial charge < -0.3 is 9.64 Å². The number of benzene rings is 1. The van der Waals surface area contributed by atoms with Gasteiger partial charge in [-0.3, -0.25) is 14.3 Å². The molecule has 0 spiro atoms. The molecule has 0 atom stereocenters. The number of hydrogen-bond donors (Lipinski definition) is 0. The quantitative estimate of drug-likeness (QED) is 0.663. The number of aromatic nitrogens is 2. The van der Waals surface area contributed by atoms with Crippen LogP contribution in [-0.2, 0) is 11.3 Å². The number of nitrogens with zero attached hydrogens (tertiary/aromatic N) is 3. The first-order valence-electron chi connectivity index (χ1n) is 8.42. The van der Waals surface area contributed by atoms with Gasteiger partial charge >= 0.3 is 0 Å². The summed E-state index contributed by atoms with van der Waals surface area (Å²) < 4.78 is 6.84. The first-order valence-corrected chi connectivity index (χ1v) is 8.42. The van der Waals surface area contributed by atoms with Crippen LogP contribution >= 0.6 is 0 Å². The zero-order valence-electron chi connectivity index (χ0n) is 14.6. The molecule has 0 radical (unpaired) electrons. The minimum atomic E-state index is 0.0231. The van der Waals surface area contributed by atoms with Crippen molar-refractivity contribution in [2.75, 3.05) is 20.2 Å². The lowest BCUT2D eigenvalue weighted by atomic mass is 10.2. The van der Waals surface area contributed by atoms with Crippen molar-refractivity contribution in [3.8, 4) is 5.75 Å². The molecule has 1 aromatic carbocycles. The number of hydrogen-bond acceptors (Lipinski definition) is 4. The Labute approximate surface area is 142 Å². The smallest absolute Gasteiger partial charge is 0.244 e. The SMILES string of the molecule is CCCCN(CCC)C(=O)Cn1nc(C=O)c2ccc(OC)cc21. The fraction of sp³-hybridized carbons (Fsp3) is 0.500. The maximum absolute atomic E-state index is 12.6. The van der Waals surface area contributed by atoms with Gasteiger partial charge in [-0.1, -0.05) is 20.3 Å². The zero-order valence-corrected chi connectivity index (χ0v) is 14.6. The number of carbonyl (C=O) groups is 2. The molecule has 0 aliphatic heterocycles. The molecule has 0 fully saturated rings. The van der Waals surface area contributed by atoms with Crippen molar-refractivity contribution in [2.24, 2.45) is 0 Å². The van der Waals surface area contributed by atoms with Gasteiger partial charge in [0.25, 0.3) is 0 Å².